The molecule has 0 spiro atoms. The summed E-state index contributed by atoms with van der Waals surface area (Å²) in [7, 11) is 0. The Morgan fingerprint density at radius 1 is 1.20 bits per heavy atom. The van der Waals surface area contributed by atoms with Gasteiger partial charge in [-0.25, -0.2) is 4.39 Å². The molecule has 0 aromatic heterocycles. The number of rotatable bonds is 3. The molecule has 2 aromatic carbocycles. The summed E-state index contributed by atoms with van der Waals surface area (Å²) in [4.78, 5) is 0. The van der Waals surface area contributed by atoms with Crippen LogP contribution in [0.3, 0.4) is 0 Å². The van der Waals surface area contributed by atoms with Gasteiger partial charge in [-0.1, -0.05) is 33.6 Å². The van der Waals surface area contributed by atoms with Crippen LogP contribution >= 0.6 is 43.5 Å². The molecule has 0 saturated heterocycles. The van der Waals surface area contributed by atoms with E-state index in [0.29, 0.717) is 16.0 Å². The number of ether oxygens (including phenoxy) is 1. The van der Waals surface area contributed by atoms with Gasteiger partial charge in [0.1, 0.15) is 17.3 Å². The quantitative estimate of drug-likeness (QED) is 0.632. The van der Waals surface area contributed by atoms with Gasteiger partial charge in [-0.3, -0.25) is 0 Å². The van der Waals surface area contributed by atoms with E-state index in [2.05, 4.69) is 31.9 Å². The maximum atomic E-state index is 13.5. The molecule has 1 unspecified atom stereocenters. The molecule has 2 nitrogen and oxygen atoms in total. The molecule has 2 aromatic rings. The number of halogens is 4. The highest BCUT2D eigenvalue weighted by Crippen LogP contribution is 2.37. The lowest BCUT2D eigenvalue weighted by Gasteiger charge is -2.15. The maximum Gasteiger partial charge on any atom is 0.145 e. The average Bonchev–Trinajstić information content (AvgIpc) is 2.35. The lowest BCUT2D eigenvalue weighted by Crippen LogP contribution is -2.06. The van der Waals surface area contributed by atoms with Crippen molar-refractivity contribution in [3.63, 3.8) is 0 Å². The second-order valence-electron chi connectivity index (χ2n) is 4.27. The topological polar surface area (TPSA) is 35.2 Å². The van der Waals surface area contributed by atoms with Gasteiger partial charge in [0.25, 0.3) is 0 Å². The van der Waals surface area contributed by atoms with Crippen molar-refractivity contribution in [3.8, 4) is 11.5 Å². The van der Waals surface area contributed by atoms with E-state index in [1.54, 1.807) is 6.07 Å². The molecule has 20 heavy (non-hydrogen) atoms. The Bertz CT molecular complexity index is 649. The summed E-state index contributed by atoms with van der Waals surface area (Å²) in [6, 6.07) is 8.02. The van der Waals surface area contributed by atoms with Crippen LogP contribution < -0.4 is 10.5 Å². The summed E-state index contributed by atoms with van der Waals surface area (Å²) in [5.41, 5.74) is 6.74. The Morgan fingerprint density at radius 2 is 1.90 bits per heavy atom. The average molecular weight is 424 g/mol. The van der Waals surface area contributed by atoms with Crippen LogP contribution in [0.15, 0.2) is 39.3 Å². The van der Waals surface area contributed by atoms with E-state index in [9.17, 15) is 4.39 Å². The van der Waals surface area contributed by atoms with Crippen molar-refractivity contribution in [2.24, 2.45) is 5.73 Å². The SMILES string of the molecule is CC(N)c1ccc(Br)cc1Oc1cc(F)c(Cl)cc1Br. The first-order valence-electron chi connectivity index (χ1n) is 5.76. The van der Waals surface area contributed by atoms with Crippen molar-refractivity contribution < 1.29 is 9.13 Å². The lowest BCUT2D eigenvalue weighted by atomic mass is 10.1. The second-order valence-corrected chi connectivity index (χ2v) is 6.45. The largest absolute Gasteiger partial charge is 0.456 e. The Balaban J connectivity index is 2.44. The molecule has 0 saturated carbocycles. The normalized spacial score (nSPS) is 12.3. The van der Waals surface area contributed by atoms with Crippen molar-refractivity contribution in [2.45, 2.75) is 13.0 Å². The Kier molecular flexibility index (Phi) is 5.07. The molecule has 0 aliphatic carbocycles. The summed E-state index contributed by atoms with van der Waals surface area (Å²) in [5.74, 6) is 0.367. The van der Waals surface area contributed by atoms with Crippen LogP contribution in [0.2, 0.25) is 5.02 Å². The van der Waals surface area contributed by atoms with Crippen LogP contribution in [0.1, 0.15) is 18.5 Å². The zero-order valence-corrected chi connectivity index (χ0v) is 14.4. The molecule has 0 aliphatic rings. The Hall–Kier alpha value is -0.620. The molecule has 0 aliphatic heterocycles. The van der Waals surface area contributed by atoms with E-state index in [1.807, 2.05) is 19.1 Å². The molecule has 0 bridgehead atoms. The van der Waals surface area contributed by atoms with Crippen LogP contribution in [0, 0.1) is 5.82 Å². The summed E-state index contributed by atoms with van der Waals surface area (Å²) in [6.07, 6.45) is 0. The fourth-order valence-corrected chi connectivity index (χ4v) is 2.73. The minimum atomic E-state index is -0.540. The Morgan fingerprint density at radius 3 is 2.55 bits per heavy atom. The number of hydrogen-bond acceptors (Lipinski definition) is 2. The number of benzene rings is 2. The standard InChI is InChI=1S/C14H11Br2ClFNO/c1-7(19)9-3-2-8(15)4-13(9)20-14-6-12(18)11(17)5-10(14)16/h2-7H,19H2,1H3. The molecule has 6 heteroatoms. The van der Waals surface area contributed by atoms with Gasteiger partial charge in [0.2, 0.25) is 0 Å². The van der Waals surface area contributed by atoms with Crippen LogP contribution in [-0.4, -0.2) is 0 Å². The van der Waals surface area contributed by atoms with E-state index >= 15 is 0 Å². The van der Waals surface area contributed by atoms with Gasteiger partial charge < -0.3 is 10.5 Å². The number of hydrogen-bond donors (Lipinski definition) is 1. The monoisotopic (exact) mass is 421 g/mol. The highest BCUT2D eigenvalue weighted by atomic mass is 79.9. The molecule has 2 rings (SSSR count). The van der Waals surface area contributed by atoms with Crippen LogP contribution in [-0.2, 0) is 0 Å². The van der Waals surface area contributed by atoms with Crippen molar-refractivity contribution in [1.29, 1.82) is 0 Å². The van der Waals surface area contributed by atoms with Crippen LogP contribution in [0.25, 0.3) is 0 Å². The van der Waals surface area contributed by atoms with Crippen molar-refractivity contribution >= 4 is 43.5 Å². The van der Waals surface area contributed by atoms with Gasteiger partial charge in [0.05, 0.1) is 9.50 Å². The third kappa shape index (κ3) is 3.52. The van der Waals surface area contributed by atoms with E-state index in [-0.39, 0.29) is 11.1 Å². The van der Waals surface area contributed by atoms with Gasteiger partial charge in [0.15, 0.2) is 0 Å². The fraction of sp³-hybridized carbons (Fsp3) is 0.143. The molecule has 0 heterocycles. The zero-order valence-electron chi connectivity index (χ0n) is 10.5. The van der Waals surface area contributed by atoms with Crippen molar-refractivity contribution in [2.75, 3.05) is 0 Å². The van der Waals surface area contributed by atoms with Crippen LogP contribution in [0.5, 0.6) is 11.5 Å². The summed E-state index contributed by atoms with van der Waals surface area (Å²) < 4.78 is 20.7. The van der Waals surface area contributed by atoms with Crippen LogP contribution in [0.4, 0.5) is 4.39 Å². The first-order valence-corrected chi connectivity index (χ1v) is 7.72. The predicted molar refractivity (Wildman–Crippen MR) is 85.9 cm³/mol. The first kappa shape index (κ1) is 15.8. The Labute approximate surface area is 138 Å². The summed E-state index contributed by atoms with van der Waals surface area (Å²) in [6.45, 7) is 1.85. The molecule has 0 radical (unpaired) electrons. The lowest BCUT2D eigenvalue weighted by molar-refractivity contribution is 0.463. The molecule has 0 amide bonds. The third-order valence-electron chi connectivity index (χ3n) is 2.66. The molecule has 1 atom stereocenters. The number of nitrogens with two attached hydrogens (primary N) is 1. The van der Waals surface area contributed by atoms with E-state index < -0.39 is 5.82 Å². The molecule has 2 N–H and O–H groups in total. The van der Waals surface area contributed by atoms with Gasteiger partial charge in [0, 0.05) is 22.1 Å². The zero-order chi connectivity index (χ0) is 14.9. The molecular formula is C14H11Br2ClFNO. The predicted octanol–water partition coefficient (Wildman–Crippen LogP) is 5.82. The molecular weight excluding hydrogens is 412 g/mol. The highest BCUT2D eigenvalue weighted by Gasteiger charge is 2.13. The minimum Gasteiger partial charge on any atom is -0.456 e. The second kappa shape index (κ2) is 6.43. The van der Waals surface area contributed by atoms with Gasteiger partial charge in [-0.05, 0) is 41.1 Å². The minimum absolute atomic E-state index is 0.0332. The van der Waals surface area contributed by atoms with E-state index in [1.165, 1.54) is 12.1 Å². The highest BCUT2D eigenvalue weighted by molar-refractivity contribution is 9.10. The third-order valence-corrected chi connectivity index (χ3v) is 4.06. The van der Waals surface area contributed by atoms with Crippen molar-refractivity contribution in [1.82, 2.24) is 0 Å². The van der Waals surface area contributed by atoms with Gasteiger partial charge in [-0.15, -0.1) is 0 Å². The smallest absolute Gasteiger partial charge is 0.145 e. The van der Waals surface area contributed by atoms with Crippen molar-refractivity contribution in [3.05, 3.63) is 55.7 Å². The molecule has 0 fully saturated rings. The van der Waals surface area contributed by atoms with Gasteiger partial charge >= 0.3 is 0 Å². The van der Waals surface area contributed by atoms with E-state index in [0.717, 1.165) is 10.0 Å². The van der Waals surface area contributed by atoms with Gasteiger partial charge in [-0.2, -0.15) is 0 Å². The first-order chi connectivity index (χ1) is 9.38. The summed E-state index contributed by atoms with van der Waals surface area (Å²) >= 11 is 12.4. The summed E-state index contributed by atoms with van der Waals surface area (Å²) in [5, 5.41) is 0.0332. The fourth-order valence-electron chi connectivity index (χ4n) is 1.67. The molecule has 106 valence electrons. The maximum absolute atomic E-state index is 13.5. The van der Waals surface area contributed by atoms with E-state index in [4.69, 9.17) is 22.1 Å².